The molecule has 0 radical (unpaired) electrons. The largest absolute Gasteiger partial charge is 0.325 e. The molecule has 1 aromatic rings. The summed E-state index contributed by atoms with van der Waals surface area (Å²) in [5.74, 6) is -0.835. The van der Waals surface area contributed by atoms with Crippen molar-refractivity contribution in [2.24, 2.45) is 5.73 Å². The van der Waals surface area contributed by atoms with Gasteiger partial charge >= 0.3 is 0 Å². The zero-order valence-corrected chi connectivity index (χ0v) is 9.61. The minimum atomic E-state index is -3.81. The minimum Gasteiger partial charge on any atom is -0.325 e. The number of nitrogens with zero attached hydrogens (tertiary/aromatic N) is 2. The molecule has 90 valence electrons. The number of hydrogen-bond acceptors (Lipinski definition) is 4. The van der Waals surface area contributed by atoms with Gasteiger partial charge in [0.05, 0.1) is 0 Å². The molecule has 0 aliphatic carbocycles. The van der Waals surface area contributed by atoms with Crippen LogP contribution in [0, 0.1) is 17.1 Å². The SMILES string of the molecule is N#Cc1c(F)cccc1S(=O)(=O)N1CC(N)C1. The first-order chi connectivity index (χ1) is 7.96. The van der Waals surface area contributed by atoms with E-state index in [9.17, 15) is 12.8 Å². The van der Waals surface area contributed by atoms with Gasteiger partial charge in [0.1, 0.15) is 22.3 Å². The number of sulfonamides is 1. The van der Waals surface area contributed by atoms with Crippen molar-refractivity contribution in [3.63, 3.8) is 0 Å². The second-order valence-electron chi connectivity index (χ2n) is 3.81. The normalized spacial score (nSPS) is 17.5. The van der Waals surface area contributed by atoms with Gasteiger partial charge in [0.15, 0.2) is 0 Å². The van der Waals surface area contributed by atoms with Crippen molar-refractivity contribution in [3.8, 4) is 6.07 Å². The lowest BCUT2D eigenvalue weighted by atomic mass is 10.2. The predicted molar refractivity (Wildman–Crippen MR) is 57.8 cm³/mol. The van der Waals surface area contributed by atoms with Crippen LogP contribution in [0.1, 0.15) is 5.56 Å². The summed E-state index contributed by atoms with van der Waals surface area (Å²) in [4.78, 5) is -0.299. The molecule has 0 saturated carbocycles. The molecule has 5 nitrogen and oxygen atoms in total. The summed E-state index contributed by atoms with van der Waals surface area (Å²) in [6.45, 7) is 0.396. The van der Waals surface area contributed by atoms with E-state index >= 15 is 0 Å². The molecule has 1 aliphatic heterocycles. The molecule has 0 unspecified atom stereocenters. The van der Waals surface area contributed by atoms with Crippen molar-refractivity contribution in [3.05, 3.63) is 29.6 Å². The van der Waals surface area contributed by atoms with Crippen molar-refractivity contribution < 1.29 is 12.8 Å². The number of halogens is 1. The monoisotopic (exact) mass is 255 g/mol. The molecule has 1 saturated heterocycles. The lowest BCUT2D eigenvalue weighted by Gasteiger charge is -2.35. The molecule has 0 amide bonds. The summed E-state index contributed by atoms with van der Waals surface area (Å²) < 4.78 is 38.5. The van der Waals surface area contributed by atoms with E-state index in [0.29, 0.717) is 0 Å². The topological polar surface area (TPSA) is 87.2 Å². The second kappa shape index (κ2) is 4.07. The van der Waals surface area contributed by atoms with Crippen molar-refractivity contribution in [1.29, 1.82) is 5.26 Å². The first-order valence-electron chi connectivity index (χ1n) is 4.91. The Hall–Kier alpha value is -1.49. The van der Waals surface area contributed by atoms with Gasteiger partial charge in [0, 0.05) is 19.1 Å². The fourth-order valence-electron chi connectivity index (χ4n) is 1.63. The molecule has 0 bridgehead atoms. The molecule has 1 aromatic carbocycles. The molecule has 17 heavy (non-hydrogen) atoms. The third-order valence-electron chi connectivity index (χ3n) is 2.58. The van der Waals surface area contributed by atoms with Crippen molar-refractivity contribution in [2.75, 3.05) is 13.1 Å². The minimum absolute atomic E-state index is 0.191. The maximum Gasteiger partial charge on any atom is 0.244 e. The first-order valence-corrected chi connectivity index (χ1v) is 6.35. The van der Waals surface area contributed by atoms with Crippen LogP contribution in [0.4, 0.5) is 4.39 Å². The maximum absolute atomic E-state index is 13.3. The highest BCUT2D eigenvalue weighted by Gasteiger charge is 2.36. The van der Waals surface area contributed by atoms with Gasteiger partial charge in [0.25, 0.3) is 0 Å². The standard InChI is InChI=1S/C10H10FN3O2S/c11-9-2-1-3-10(8(9)4-12)17(15,16)14-5-7(13)6-14/h1-3,7H,5-6,13H2. The molecule has 7 heteroatoms. The Bertz CT molecular complexity index is 588. The Morgan fingerprint density at radius 3 is 2.65 bits per heavy atom. The average Bonchev–Trinajstić information content (AvgIpc) is 2.24. The van der Waals surface area contributed by atoms with E-state index in [1.165, 1.54) is 12.1 Å². The van der Waals surface area contributed by atoms with Gasteiger partial charge in [0.2, 0.25) is 10.0 Å². The van der Waals surface area contributed by atoms with E-state index in [-0.39, 0.29) is 24.0 Å². The van der Waals surface area contributed by atoms with Crippen LogP contribution in [-0.2, 0) is 10.0 Å². The Balaban J connectivity index is 2.48. The molecule has 0 aromatic heterocycles. The highest BCUT2D eigenvalue weighted by molar-refractivity contribution is 7.89. The van der Waals surface area contributed by atoms with Crippen LogP contribution in [0.5, 0.6) is 0 Å². The summed E-state index contributed by atoms with van der Waals surface area (Å²) in [7, 11) is -3.81. The van der Waals surface area contributed by atoms with Crippen LogP contribution in [0.2, 0.25) is 0 Å². The van der Waals surface area contributed by atoms with Gasteiger partial charge < -0.3 is 5.73 Å². The van der Waals surface area contributed by atoms with E-state index in [1.54, 1.807) is 6.07 Å². The molecule has 2 rings (SSSR count). The molecule has 1 heterocycles. The van der Waals surface area contributed by atoms with Crippen LogP contribution in [0.15, 0.2) is 23.1 Å². The quantitative estimate of drug-likeness (QED) is 0.807. The van der Waals surface area contributed by atoms with Crippen molar-refractivity contribution in [2.45, 2.75) is 10.9 Å². The van der Waals surface area contributed by atoms with E-state index in [0.717, 1.165) is 10.4 Å². The zero-order chi connectivity index (χ0) is 12.6. The summed E-state index contributed by atoms with van der Waals surface area (Å²) in [6, 6.07) is 4.93. The van der Waals surface area contributed by atoms with Crippen LogP contribution < -0.4 is 5.73 Å². The highest BCUT2D eigenvalue weighted by atomic mass is 32.2. The molecular formula is C10H10FN3O2S. The van der Waals surface area contributed by atoms with Crippen LogP contribution in [0.25, 0.3) is 0 Å². The Morgan fingerprint density at radius 2 is 2.12 bits per heavy atom. The average molecular weight is 255 g/mol. The van der Waals surface area contributed by atoms with Crippen LogP contribution >= 0.6 is 0 Å². The van der Waals surface area contributed by atoms with Crippen LogP contribution in [-0.4, -0.2) is 31.9 Å². The van der Waals surface area contributed by atoms with Gasteiger partial charge in [-0.25, -0.2) is 12.8 Å². The molecular weight excluding hydrogens is 245 g/mol. The third kappa shape index (κ3) is 1.91. The third-order valence-corrected chi connectivity index (χ3v) is 4.46. The number of nitrogens with two attached hydrogens (primary N) is 1. The maximum atomic E-state index is 13.3. The van der Waals surface area contributed by atoms with E-state index in [2.05, 4.69) is 0 Å². The first kappa shape index (κ1) is 12.0. The second-order valence-corrected chi connectivity index (χ2v) is 5.71. The Morgan fingerprint density at radius 1 is 1.47 bits per heavy atom. The zero-order valence-electron chi connectivity index (χ0n) is 8.80. The van der Waals surface area contributed by atoms with Gasteiger partial charge in [-0.1, -0.05) is 6.07 Å². The van der Waals surface area contributed by atoms with Gasteiger partial charge in [-0.2, -0.15) is 9.57 Å². The molecule has 2 N–H and O–H groups in total. The number of nitriles is 1. The van der Waals surface area contributed by atoms with Crippen molar-refractivity contribution >= 4 is 10.0 Å². The van der Waals surface area contributed by atoms with E-state index in [4.69, 9.17) is 11.0 Å². The Kier molecular flexibility index (Phi) is 2.87. The highest BCUT2D eigenvalue weighted by Crippen LogP contribution is 2.24. The molecule has 0 spiro atoms. The van der Waals surface area contributed by atoms with E-state index < -0.39 is 21.4 Å². The molecule has 1 aliphatic rings. The smallest absolute Gasteiger partial charge is 0.244 e. The summed E-state index contributed by atoms with van der Waals surface area (Å²) >= 11 is 0. The fourth-order valence-corrected chi connectivity index (χ4v) is 3.34. The van der Waals surface area contributed by atoms with Gasteiger partial charge in [-0.3, -0.25) is 0 Å². The fraction of sp³-hybridized carbons (Fsp3) is 0.300. The van der Waals surface area contributed by atoms with Crippen LogP contribution in [0.3, 0.4) is 0 Å². The molecule has 0 atom stereocenters. The predicted octanol–water partition coefficient (Wildman–Crippen LogP) is 0.0290. The van der Waals surface area contributed by atoms with Gasteiger partial charge in [-0.05, 0) is 12.1 Å². The lowest BCUT2D eigenvalue weighted by molar-refractivity contribution is 0.265. The van der Waals surface area contributed by atoms with E-state index in [1.807, 2.05) is 0 Å². The number of benzene rings is 1. The van der Waals surface area contributed by atoms with Crippen molar-refractivity contribution in [1.82, 2.24) is 4.31 Å². The summed E-state index contributed by atoms with van der Waals surface area (Å²) in [5, 5.41) is 8.79. The number of hydrogen-bond donors (Lipinski definition) is 1. The van der Waals surface area contributed by atoms with Gasteiger partial charge in [-0.15, -0.1) is 0 Å². The summed E-state index contributed by atoms with van der Waals surface area (Å²) in [6.07, 6.45) is 0. The Labute approximate surface area is 98.3 Å². The number of rotatable bonds is 2. The summed E-state index contributed by atoms with van der Waals surface area (Å²) in [5.41, 5.74) is 5.05. The molecule has 1 fully saturated rings. The lowest BCUT2D eigenvalue weighted by Crippen LogP contribution is -2.57.